The van der Waals surface area contributed by atoms with Gasteiger partial charge >= 0.3 is 6.18 Å². The van der Waals surface area contributed by atoms with E-state index in [-0.39, 0.29) is 11.9 Å². The molecule has 0 aliphatic carbocycles. The summed E-state index contributed by atoms with van der Waals surface area (Å²) in [4.78, 5) is 21.2. The average molecular weight is 302 g/mol. The number of hydrogen-bond acceptors (Lipinski definition) is 4. The van der Waals surface area contributed by atoms with E-state index in [0.29, 0.717) is 37.3 Å². The lowest BCUT2D eigenvalue weighted by molar-refractivity contribution is -0.148. The largest absolute Gasteiger partial charge is 0.401 e. The molecule has 0 saturated carbocycles. The lowest BCUT2D eigenvalue weighted by atomic mass is 10.0. The molecule has 116 valence electrons. The Labute approximate surface area is 120 Å². The third kappa shape index (κ3) is 4.96. The molecule has 1 aliphatic heterocycles. The molecular weight excluding hydrogens is 285 g/mol. The molecule has 1 aliphatic rings. The lowest BCUT2D eigenvalue weighted by Crippen LogP contribution is -2.47. The number of alkyl halides is 3. The summed E-state index contributed by atoms with van der Waals surface area (Å²) in [5, 5.41) is 2.81. The minimum atomic E-state index is -4.17. The van der Waals surface area contributed by atoms with Crippen molar-refractivity contribution in [2.24, 2.45) is 0 Å². The molecule has 1 fully saturated rings. The first-order chi connectivity index (χ1) is 9.83. The van der Waals surface area contributed by atoms with Crippen LogP contribution in [0.4, 0.5) is 13.2 Å². The van der Waals surface area contributed by atoms with Gasteiger partial charge in [-0.05, 0) is 19.8 Å². The Morgan fingerprint density at radius 3 is 2.43 bits per heavy atom. The molecule has 0 unspecified atom stereocenters. The molecule has 5 nitrogen and oxygen atoms in total. The Bertz CT molecular complexity index is 481. The number of rotatable bonds is 3. The predicted molar refractivity (Wildman–Crippen MR) is 69.8 cm³/mol. The molecule has 21 heavy (non-hydrogen) atoms. The molecular formula is C13H17F3N4O. The lowest BCUT2D eigenvalue weighted by Gasteiger charge is -2.32. The monoisotopic (exact) mass is 302 g/mol. The van der Waals surface area contributed by atoms with E-state index in [1.165, 1.54) is 17.3 Å². The van der Waals surface area contributed by atoms with Gasteiger partial charge in [0.05, 0.1) is 12.1 Å². The highest BCUT2D eigenvalue weighted by atomic mass is 19.4. The molecule has 1 N–H and O–H groups in total. The van der Waals surface area contributed by atoms with Crippen LogP contribution >= 0.6 is 0 Å². The van der Waals surface area contributed by atoms with Gasteiger partial charge in [0.2, 0.25) is 0 Å². The van der Waals surface area contributed by atoms with E-state index < -0.39 is 12.7 Å². The highest BCUT2D eigenvalue weighted by Gasteiger charge is 2.32. The maximum atomic E-state index is 12.3. The van der Waals surface area contributed by atoms with Crippen LogP contribution < -0.4 is 5.32 Å². The molecule has 0 atom stereocenters. The number of hydrogen-bond donors (Lipinski definition) is 1. The maximum Gasteiger partial charge on any atom is 0.401 e. The summed E-state index contributed by atoms with van der Waals surface area (Å²) in [6, 6.07) is -0.108. The fraction of sp³-hybridized carbons (Fsp3) is 0.615. The number of piperidine rings is 1. The molecule has 1 aromatic rings. The van der Waals surface area contributed by atoms with Crippen molar-refractivity contribution in [3.8, 4) is 0 Å². The summed E-state index contributed by atoms with van der Waals surface area (Å²) in [5.41, 5.74) is 0.360. The highest BCUT2D eigenvalue weighted by molar-refractivity contribution is 5.93. The quantitative estimate of drug-likeness (QED) is 0.920. The van der Waals surface area contributed by atoms with Crippen molar-refractivity contribution >= 4 is 5.91 Å². The predicted octanol–water partition coefficient (Wildman–Crippen LogP) is 1.54. The Balaban J connectivity index is 1.80. The van der Waals surface area contributed by atoms with Crippen molar-refractivity contribution in [3.63, 3.8) is 0 Å². The van der Waals surface area contributed by atoms with Crippen LogP contribution in [0.5, 0.6) is 0 Å². The molecule has 1 saturated heterocycles. The van der Waals surface area contributed by atoms with Crippen LogP contribution in [-0.4, -0.2) is 52.6 Å². The second-order valence-corrected chi connectivity index (χ2v) is 5.16. The van der Waals surface area contributed by atoms with Crippen LogP contribution in [0.25, 0.3) is 0 Å². The van der Waals surface area contributed by atoms with Gasteiger partial charge in [-0.15, -0.1) is 0 Å². The first-order valence-corrected chi connectivity index (χ1v) is 6.72. The van der Waals surface area contributed by atoms with Crippen molar-refractivity contribution in [3.05, 3.63) is 23.8 Å². The molecule has 8 heteroatoms. The van der Waals surface area contributed by atoms with Crippen molar-refractivity contribution in [1.82, 2.24) is 20.2 Å². The van der Waals surface area contributed by atoms with Crippen LogP contribution in [0.3, 0.4) is 0 Å². The minimum Gasteiger partial charge on any atom is -0.349 e. The maximum absolute atomic E-state index is 12.3. The summed E-state index contributed by atoms with van der Waals surface area (Å²) in [6.45, 7) is 1.49. The fourth-order valence-electron chi connectivity index (χ4n) is 2.27. The van der Waals surface area contributed by atoms with Gasteiger partial charge in [0, 0.05) is 31.5 Å². The van der Waals surface area contributed by atoms with Gasteiger partial charge < -0.3 is 5.32 Å². The summed E-state index contributed by atoms with van der Waals surface area (Å²) in [6.07, 6.45) is -0.273. The number of amides is 1. The third-order valence-electron chi connectivity index (χ3n) is 3.37. The van der Waals surface area contributed by atoms with E-state index in [4.69, 9.17) is 0 Å². The number of nitrogens with zero attached hydrogens (tertiary/aromatic N) is 3. The van der Waals surface area contributed by atoms with Crippen LogP contribution in [0.2, 0.25) is 0 Å². The summed E-state index contributed by atoms with van der Waals surface area (Å²) >= 11 is 0. The van der Waals surface area contributed by atoms with E-state index >= 15 is 0 Å². The Kier molecular flexibility index (Phi) is 4.76. The smallest absolute Gasteiger partial charge is 0.349 e. The fourth-order valence-corrected chi connectivity index (χ4v) is 2.27. The van der Waals surface area contributed by atoms with Crippen molar-refractivity contribution in [2.45, 2.75) is 32.0 Å². The second-order valence-electron chi connectivity index (χ2n) is 5.16. The SMILES string of the molecule is Cc1ncc(C(=O)NC2CCN(CC(F)(F)F)CC2)cn1. The zero-order valence-corrected chi connectivity index (χ0v) is 11.7. The number of likely N-dealkylation sites (tertiary alicyclic amines) is 1. The van der Waals surface area contributed by atoms with Gasteiger partial charge in [-0.1, -0.05) is 0 Å². The highest BCUT2D eigenvalue weighted by Crippen LogP contribution is 2.19. The minimum absolute atomic E-state index is 0.108. The van der Waals surface area contributed by atoms with Gasteiger partial charge in [0.25, 0.3) is 5.91 Å². The van der Waals surface area contributed by atoms with E-state index in [9.17, 15) is 18.0 Å². The van der Waals surface area contributed by atoms with Gasteiger partial charge in [-0.2, -0.15) is 13.2 Å². The average Bonchev–Trinajstić information content (AvgIpc) is 2.40. The Morgan fingerprint density at radius 1 is 1.33 bits per heavy atom. The van der Waals surface area contributed by atoms with Crippen LogP contribution in [0.15, 0.2) is 12.4 Å². The Hall–Kier alpha value is -1.70. The zero-order valence-electron chi connectivity index (χ0n) is 11.7. The summed E-state index contributed by atoms with van der Waals surface area (Å²) in [5.74, 6) is 0.288. The van der Waals surface area contributed by atoms with Crippen LogP contribution in [0, 0.1) is 6.92 Å². The third-order valence-corrected chi connectivity index (χ3v) is 3.37. The molecule has 2 heterocycles. The van der Waals surface area contributed by atoms with E-state index in [1.54, 1.807) is 6.92 Å². The number of carbonyl (C=O) groups excluding carboxylic acids is 1. The van der Waals surface area contributed by atoms with Crippen molar-refractivity contribution in [1.29, 1.82) is 0 Å². The number of aromatic nitrogens is 2. The topological polar surface area (TPSA) is 58.1 Å². The normalized spacial score (nSPS) is 17.7. The standard InChI is InChI=1S/C13H17F3N4O/c1-9-17-6-10(7-18-9)12(21)19-11-2-4-20(5-3-11)8-13(14,15)16/h6-7,11H,2-5,8H2,1H3,(H,19,21). The van der Waals surface area contributed by atoms with Crippen LogP contribution in [-0.2, 0) is 0 Å². The number of nitrogens with one attached hydrogen (secondary N) is 1. The molecule has 0 spiro atoms. The molecule has 1 aromatic heterocycles. The zero-order chi connectivity index (χ0) is 15.5. The molecule has 0 aromatic carbocycles. The summed E-state index contributed by atoms with van der Waals surface area (Å²) < 4.78 is 36.8. The number of halogens is 3. The molecule has 1 amide bonds. The number of carbonyl (C=O) groups is 1. The molecule has 2 rings (SSSR count). The van der Waals surface area contributed by atoms with Crippen LogP contribution in [0.1, 0.15) is 29.0 Å². The van der Waals surface area contributed by atoms with E-state index in [0.717, 1.165) is 0 Å². The first-order valence-electron chi connectivity index (χ1n) is 6.72. The van der Waals surface area contributed by atoms with Gasteiger partial charge in [0.1, 0.15) is 5.82 Å². The Morgan fingerprint density at radius 2 is 1.90 bits per heavy atom. The van der Waals surface area contributed by atoms with Gasteiger partial charge in [-0.3, -0.25) is 9.69 Å². The van der Waals surface area contributed by atoms with Crippen molar-refractivity contribution < 1.29 is 18.0 Å². The summed E-state index contributed by atoms with van der Waals surface area (Å²) in [7, 11) is 0. The van der Waals surface area contributed by atoms with Gasteiger partial charge in [0.15, 0.2) is 0 Å². The molecule has 0 radical (unpaired) electrons. The van der Waals surface area contributed by atoms with E-state index in [2.05, 4.69) is 15.3 Å². The van der Waals surface area contributed by atoms with E-state index in [1.807, 2.05) is 0 Å². The van der Waals surface area contributed by atoms with Gasteiger partial charge in [-0.25, -0.2) is 9.97 Å². The van der Waals surface area contributed by atoms with Crippen molar-refractivity contribution in [2.75, 3.05) is 19.6 Å². The molecule has 0 bridgehead atoms. The first kappa shape index (κ1) is 15.7. The second kappa shape index (κ2) is 6.38. The number of aryl methyl sites for hydroxylation is 1.